The van der Waals surface area contributed by atoms with E-state index < -0.39 is 11.8 Å². The van der Waals surface area contributed by atoms with E-state index in [9.17, 15) is 9.59 Å². The number of aliphatic carboxylic acids is 1. The highest BCUT2D eigenvalue weighted by atomic mass is 16.5. The van der Waals surface area contributed by atoms with Crippen molar-refractivity contribution < 1.29 is 24.2 Å². The van der Waals surface area contributed by atoms with Gasteiger partial charge in [0.05, 0.1) is 14.2 Å². The Labute approximate surface area is 112 Å². The first-order valence-corrected chi connectivity index (χ1v) is 6.05. The topological polar surface area (TPSA) is 72.8 Å². The van der Waals surface area contributed by atoms with Crippen molar-refractivity contribution in [2.75, 3.05) is 14.2 Å². The molecule has 0 aliphatic carbocycles. The second-order valence-electron chi connectivity index (χ2n) is 4.11. The Morgan fingerprint density at radius 3 is 2.47 bits per heavy atom. The highest BCUT2D eigenvalue weighted by Gasteiger charge is 2.11. The van der Waals surface area contributed by atoms with E-state index >= 15 is 0 Å². The van der Waals surface area contributed by atoms with Crippen LogP contribution in [0, 0.1) is 0 Å². The molecule has 1 aromatic rings. The highest BCUT2D eigenvalue weighted by Crippen LogP contribution is 2.25. The average molecular weight is 266 g/mol. The van der Waals surface area contributed by atoms with Crippen LogP contribution < -0.4 is 9.47 Å². The van der Waals surface area contributed by atoms with Crippen molar-refractivity contribution >= 4 is 11.8 Å². The first-order valence-electron chi connectivity index (χ1n) is 6.05. The molecule has 0 aliphatic heterocycles. The maximum absolute atomic E-state index is 10.9. The van der Waals surface area contributed by atoms with Crippen molar-refractivity contribution in [1.29, 1.82) is 0 Å². The number of ketones is 1. The van der Waals surface area contributed by atoms with Crippen molar-refractivity contribution in [3.63, 3.8) is 0 Å². The molecule has 0 fully saturated rings. The van der Waals surface area contributed by atoms with E-state index in [-0.39, 0.29) is 6.42 Å². The molecule has 0 amide bonds. The first-order chi connectivity index (χ1) is 9.08. The Morgan fingerprint density at radius 2 is 1.89 bits per heavy atom. The summed E-state index contributed by atoms with van der Waals surface area (Å²) in [5, 5.41) is 8.46. The monoisotopic (exact) mass is 266 g/mol. The van der Waals surface area contributed by atoms with Crippen LogP contribution in [0.25, 0.3) is 0 Å². The molecule has 0 unspecified atom stereocenters. The molecular formula is C14H18O5. The van der Waals surface area contributed by atoms with Gasteiger partial charge in [-0.2, -0.15) is 0 Å². The van der Waals surface area contributed by atoms with Gasteiger partial charge < -0.3 is 14.6 Å². The molecule has 5 nitrogen and oxygen atoms in total. The minimum Gasteiger partial charge on any atom is -0.497 e. The van der Waals surface area contributed by atoms with E-state index in [1.54, 1.807) is 14.2 Å². The summed E-state index contributed by atoms with van der Waals surface area (Å²) in [6, 6.07) is 5.53. The molecular weight excluding hydrogens is 248 g/mol. The number of hydrogen-bond acceptors (Lipinski definition) is 4. The second kappa shape index (κ2) is 7.41. The zero-order valence-electron chi connectivity index (χ0n) is 11.1. The standard InChI is InChI=1S/C14H18O5/c1-18-11-7-8-13(19-2)10(9-11)5-3-4-6-12(15)14(16)17/h7-9H,3-6H2,1-2H3,(H,16,17). The van der Waals surface area contributed by atoms with Crippen LogP contribution >= 0.6 is 0 Å². The van der Waals surface area contributed by atoms with Crippen molar-refractivity contribution in [1.82, 2.24) is 0 Å². The third-order valence-electron chi connectivity index (χ3n) is 2.83. The summed E-state index contributed by atoms with van der Waals surface area (Å²) in [5.74, 6) is -0.584. The van der Waals surface area contributed by atoms with Gasteiger partial charge >= 0.3 is 5.97 Å². The third kappa shape index (κ3) is 4.62. The molecule has 0 saturated heterocycles. The molecule has 0 heterocycles. The largest absolute Gasteiger partial charge is 0.497 e. The Hall–Kier alpha value is -2.04. The van der Waals surface area contributed by atoms with Crippen LogP contribution in [0.2, 0.25) is 0 Å². The summed E-state index contributed by atoms with van der Waals surface area (Å²) in [6.45, 7) is 0. The molecule has 0 bridgehead atoms. The number of carboxylic acids is 1. The van der Waals surface area contributed by atoms with Crippen molar-refractivity contribution in [3.8, 4) is 11.5 Å². The molecule has 1 aromatic carbocycles. The number of Topliss-reactive ketones (excluding diaryl/α,β-unsaturated/α-hetero) is 1. The fraction of sp³-hybridized carbons (Fsp3) is 0.429. The summed E-state index contributed by atoms with van der Waals surface area (Å²) in [7, 11) is 3.19. The summed E-state index contributed by atoms with van der Waals surface area (Å²) < 4.78 is 10.4. The summed E-state index contributed by atoms with van der Waals surface area (Å²) in [5.41, 5.74) is 0.990. The number of carbonyl (C=O) groups is 2. The van der Waals surface area contributed by atoms with Gasteiger partial charge in [-0.1, -0.05) is 0 Å². The maximum Gasteiger partial charge on any atom is 0.372 e. The SMILES string of the molecule is COc1ccc(OC)c(CCCCC(=O)C(=O)O)c1. The van der Waals surface area contributed by atoms with Gasteiger partial charge in [-0.05, 0) is 43.0 Å². The van der Waals surface area contributed by atoms with Gasteiger partial charge in [-0.25, -0.2) is 4.79 Å². The smallest absolute Gasteiger partial charge is 0.372 e. The maximum atomic E-state index is 10.9. The van der Waals surface area contributed by atoms with Crippen molar-refractivity contribution in [3.05, 3.63) is 23.8 Å². The van der Waals surface area contributed by atoms with Crippen LogP contribution in [-0.2, 0) is 16.0 Å². The number of hydrogen-bond donors (Lipinski definition) is 1. The zero-order chi connectivity index (χ0) is 14.3. The lowest BCUT2D eigenvalue weighted by Gasteiger charge is -2.10. The van der Waals surface area contributed by atoms with Gasteiger partial charge in [0.1, 0.15) is 11.5 Å². The predicted octanol–water partition coefficient (Wildman–Crippen LogP) is 2.07. The van der Waals surface area contributed by atoms with Crippen LogP contribution in [0.3, 0.4) is 0 Å². The zero-order valence-corrected chi connectivity index (χ0v) is 11.1. The molecule has 1 rings (SSSR count). The van der Waals surface area contributed by atoms with E-state index in [0.717, 1.165) is 23.5 Å². The summed E-state index contributed by atoms with van der Waals surface area (Å²) >= 11 is 0. The second-order valence-corrected chi connectivity index (χ2v) is 4.11. The Bertz CT molecular complexity index is 453. The van der Waals surface area contributed by atoms with Crippen LogP contribution in [0.15, 0.2) is 18.2 Å². The van der Waals surface area contributed by atoms with Crippen LogP contribution in [0.5, 0.6) is 11.5 Å². The van der Waals surface area contributed by atoms with E-state index in [2.05, 4.69) is 0 Å². The van der Waals surface area contributed by atoms with Gasteiger partial charge in [-0.15, -0.1) is 0 Å². The lowest BCUT2D eigenvalue weighted by atomic mass is 10.0. The number of benzene rings is 1. The van der Waals surface area contributed by atoms with Gasteiger partial charge in [0.2, 0.25) is 5.78 Å². The molecule has 0 radical (unpaired) electrons. The number of aryl methyl sites for hydroxylation is 1. The lowest BCUT2D eigenvalue weighted by molar-refractivity contribution is -0.149. The van der Waals surface area contributed by atoms with Crippen molar-refractivity contribution in [2.45, 2.75) is 25.7 Å². The normalized spacial score (nSPS) is 10.0. The van der Waals surface area contributed by atoms with E-state index in [4.69, 9.17) is 14.6 Å². The number of unbranched alkanes of at least 4 members (excludes halogenated alkanes) is 1. The lowest BCUT2D eigenvalue weighted by Crippen LogP contribution is -2.11. The molecule has 0 saturated carbocycles. The first kappa shape index (κ1) is 15.0. The molecule has 0 aromatic heterocycles. The van der Waals surface area contributed by atoms with Gasteiger partial charge in [0, 0.05) is 6.42 Å². The number of carboxylic acid groups (broad SMARTS) is 1. The summed E-state index contributed by atoms with van der Waals surface area (Å²) in [6.07, 6.45) is 2.06. The van der Waals surface area contributed by atoms with Crippen LogP contribution in [0.1, 0.15) is 24.8 Å². The quantitative estimate of drug-likeness (QED) is 0.576. The Balaban J connectivity index is 2.52. The summed E-state index contributed by atoms with van der Waals surface area (Å²) in [4.78, 5) is 21.3. The number of ether oxygens (including phenoxy) is 2. The minimum absolute atomic E-state index is 0.0710. The third-order valence-corrected chi connectivity index (χ3v) is 2.83. The van der Waals surface area contributed by atoms with E-state index in [0.29, 0.717) is 12.8 Å². The van der Waals surface area contributed by atoms with Crippen molar-refractivity contribution in [2.24, 2.45) is 0 Å². The molecule has 0 atom stereocenters. The highest BCUT2D eigenvalue weighted by molar-refractivity contribution is 6.32. The van der Waals surface area contributed by atoms with E-state index in [1.165, 1.54) is 0 Å². The minimum atomic E-state index is -1.36. The van der Waals surface area contributed by atoms with E-state index in [1.807, 2.05) is 18.2 Å². The van der Waals surface area contributed by atoms with Gasteiger partial charge in [0.25, 0.3) is 0 Å². The van der Waals surface area contributed by atoms with Gasteiger partial charge in [-0.3, -0.25) is 4.79 Å². The fourth-order valence-electron chi connectivity index (χ4n) is 1.79. The Kier molecular flexibility index (Phi) is 5.85. The molecule has 104 valence electrons. The predicted molar refractivity (Wildman–Crippen MR) is 69.7 cm³/mol. The number of carbonyl (C=O) groups excluding carboxylic acids is 1. The molecule has 0 aliphatic rings. The molecule has 5 heteroatoms. The van der Waals surface area contributed by atoms with Crippen LogP contribution in [-0.4, -0.2) is 31.1 Å². The molecule has 0 spiro atoms. The number of rotatable bonds is 8. The average Bonchev–Trinajstić information content (AvgIpc) is 2.42. The molecule has 1 N–H and O–H groups in total. The van der Waals surface area contributed by atoms with Crippen LogP contribution in [0.4, 0.5) is 0 Å². The molecule has 19 heavy (non-hydrogen) atoms. The number of methoxy groups -OCH3 is 2. The van der Waals surface area contributed by atoms with Gasteiger partial charge in [0.15, 0.2) is 0 Å². The fourth-order valence-corrected chi connectivity index (χ4v) is 1.79. The Morgan fingerprint density at radius 1 is 1.16 bits per heavy atom.